The smallest absolute Gasteiger partial charge is 0.0593 e. The van der Waals surface area contributed by atoms with Crippen LogP contribution in [0, 0.1) is 0 Å². The highest BCUT2D eigenvalue weighted by Crippen LogP contribution is 2.21. The average Bonchev–Trinajstić information content (AvgIpc) is 2.40. The molecule has 108 valence electrons. The van der Waals surface area contributed by atoms with Crippen LogP contribution in [-0.4, -0.2) is 52.3 Å². The van der Waals surface area contributed by atoms with E-state index in [-0.39, 0.29) is 6.04 Å². The number of likely N-dealkylation sites (N-methyl/N-ethyl adjacent to an activating group) is 1. The van der Waals surface area contributed by atoms with Gasteiger partial charge in [0.05, 0.1) is 6.61 Å². The van der Waals surface area contributed by atoms with Gasteiger partial charge in [-0.1, -0.05) is 12.1 Å². The summed E-state index contributed by atoms with van der Waals surface area (Å²) in [5.41, 5.74) is 8.38. The summed E-state index contributed by atoms with van der Waals surface area (Å²) in [6.45, 7) is 5.04. The summed E-state index contributed by atoms with van der Waals surface area (Å²) in [5, 5.41) is 0. The van der Waals surface area contributed by atoms with E-state index in [0.717, 1.165) is 19.8 Å². The highest BCUT2D eigenvalue weighted by molar-refractivity contribution is 5.46. The lowest BCUT2D eigenvalue weighted by atomic mass is 10.1. The molecule has 0 spiro atoms. The predicted molar refractivity (Wildman–Crippen MR) is 81.7 cm³/mol. The third-order valence-corrected chi connectivity index (χ3v) is 3.34. The van der Waals surface area contributed by atoms with Gasteiger partial charge in [-0.05, 0) is 31.7 Å². The Morgan fingerprint density at radius 2 is 1.79 bits per heavy atom. The van der Waals surface area contributed by atoms with Crippen molar-refractivity contribution in [2.75, 3.05) is 52.3 Å². The molecule has 0 saturated heterocycles. The highest BCUT2D eigenvalue weighted by Gasteiger charge is 2.15. The lowest BCUT2D eigenvalue weighted by molar-refractivity contribution is 0.108. The zero-order valence-electron chi connectivity index (χ0n) is 12.6. The Bertz CT molecular complexity index is 351. The maximum Gasteiger partial charge on any atom is 0.0593 e. The lowest BCUT2D eigenvalue weighted by Crippen LogP contribution is -2.33. The molecule has 1 aromatic carbocycles. The molecule has 0 aliphatic carbocycles. The van der Waals surface area contributed by atoms with Crippen molar-refractivity contribution in [1.82, 2.24) is 4.90 Å². The summed E-state index contributed by atoms with van der Waals surface area (Å²) in [5.74, 6) is 0. The Morgan fingerprint density at radius 1 is 1.16 bits per heavy atom. The molecule has 0 aliphatic heterocycles. The van der Waals surface area contributed by atoms with Gasteiger partial charge >= 0.3 is 0 Å². The van der Waals surface area contributed by atoms with Gasteiger partial charge in [-0.15, -0.1) is 0 Å². The van der Waals surface area contributed by atoms with Gasteiger partial charge in [0.25, 0.3) is 0 Å². The Kier molecular flexibility index (Phi) is 6.84. The standard InChI is InChI=1S/C15H27N3O/c1-5-19-11-10-18(4)15(12-16)13-6-8-14(9-7-13)17(2)3/h6-9,15H,5,10-12,16H2,1-4H3. The fourth-order valence-corrected chi connectivity index (χ4v) is 2.07. The molecule has 0 fully saturated rings. The number of rotatable bonds is 8. The molecule has 4 heteroatoms. The highest BCUT2D eigenvalue weighted by atomic mass is 16.5. The van der Waals surface area contributed by atoms with Crippen LogP contribution in [-0.2, 0) is 4.74 Å². The third kappa shape index (κ3) is 4.82. The van der Waals surface area contributed by atoms with Crippen molar-refractivity contribution in [2.45, 2.75) is 13.0 Å². The van der Waals surface area contributed by atoms with Crippen LogP contribution in [0.1, 0.15) is 18.5 Å². The van der Waals surface area contributed by atoms with Crippen molar-refractivity contribution < 1.29 is 4.74 Å². The molecule has 0 radical (unpaired) electrons. The van der Waals surface area contributed by atoms with Gasteiger partial charge in [-0.2, -0.15) is 0 Å². The second-order valence-electron chi connectivity index (χ2n) is 4.91. The van der Waals surface area contributed by atoms with Gasteiger partial charge in [-0.3, -0.25) is 4.90 Å². The Labute approximate surface area is 117 Å². The number of nitrogens with zero attached hydrogens (tertiary/aromatic N) is 2. The van der Waals surface area contributed by atoms with Gasteiger partial charge in [0, 0.05) is 45.5 Å². The van der Waals surface area contributed by atoms with Crippen molar-refractivity contribution in [3.8, 4) is 0 Å². The maximum absolute atomic E-state index is 5.91. The number of hydrogen-bond acceptors (Lipinski definition) is 4. The predicted octanol–water partition coefficient (Wildman–Crippen LogP) is 1.72. The molecule has 1 atom stereocenters. The first-order valence-corrected chi connectivity index (χ1v) is 6.85. The first kappa shape index (κ1) is 16.0. The van der Waals surface area contributed by atoms with Crippen molar-refractivity contribution in [2.24, 2.45) is 5.73 Å². The third-order valence-electron chi connectivity index (χ3n) is 3.34. The SMILES string of the molecule is CCOCCN(C)C(CN)c1ccc(N(C)C)cc1. The van der Waals surface area contributed by atoms with Crippen LogP contribution in [0.2, 0.25) is 0 Å². The van der Waals surface area contributed by atoms with E-state index in [1.165, 1.54) is 11.3 Å². The van der Waals surface area contributed by atoms with E-state index in [1.807, 2.05) is 21.0 Å². The molecule has 0 heterocycles. The zero-order valence-corrected chi connectivity index (χ0v) is 12.6. The number of anilines is 1. The monoisotopic (exact) mass is 265 g/mol. The fraction of sp³-hybridized carbons (Fsp3) is 0.600. The van der Waals surface area contributed by atoms with E-state index in [4.69, 9.17) is 10.5 Å². The zero-order chi connectivity index (χ0) is 14.3. The van der Waals surface area contributed by atoms with E-state index < -0.39 is 0 Å². The van der Waals surface area contributed by atoms with Crippen LogP contribution in [0.25, 0.3) is 0 Å². The van der Waals surface area contributed by atoms with Crippen molar-refractivity contribution in [3.05, 3.63) is 29.8 Å². The van der Waals surface area contributed by atoms with Crippen LogP contribution >= 0.6 is 0 Å². The summed E-state index contributed by atoms with van der Waals surface area (Å²) in [6, 6.07) is 8.83. The second-order valence-corrected chi connectivity index (χ2v) is 4.91. The van der Waals surface area contributed by atoms with Crippen LogP contribution < -0.4 is 10.6 Å². The molecule has 0 saturated carbocycles. The van der Waals surface area contributed by atoms with Crippen LogP contribution in [0.5, 0.6) is 0 Å². The fourth-order valence-electron chi connectivity index (χ4n) is 2.07. The minimum absolute atomic E-state index is 0.247. The van der Waals surface area contributed by atoms with Crippen LogP contribution in [0.3, 0.4) is 0 Å². The second kappa shape index (κ2) is 8.15. The maximum atomic E-state index is 5.91. The molecule has 4 nitrogen and oxygen atoms in total. The van der Waals surface area contributed by atoms with Crippen molar-refractivity contribution >= 4 is 5.69 Å². The summed E-state index contributed by atoms with van der Waals surface area (Å²) < 4.78 is 5.40. The largest absolute Gasteiger partial charge is 0.380 e. The summed E-state index contributed by atoms with van der Waals surface area (Å²) in [4.78, 5) is 4.35. The van der Waals surface area contributed by atoms with Crippen LogP contribution in [0.15, 0.2) is 24.3 Å². The molecule has 1 unspecified atom stereocenters. The van der Waals surface area contributed by atoms with Crippen LogP contribution in [0.4, 0.5) is 5.69 Å². The first-order valence-electron chi connectivity index (χ1n) is 6.85. The van der Waals surface area contributed by atoms with Gasteiger partial charge in [-0.25, -0.2) is 0 Å². The molecule has 0 amide bonds. The molecule has 19 heavy (non-hydrogen) atoms. The van der Waals surface area contributed by atoms with Gasteiger partial charge in [0.1, 0.15) is 0 Å². The minimum atomic E-state index is 0.247. The number of nitrogens with two attached hydrogens (primary N) is 1. The number of ether oxygens (including phenoxy) is 1. The Hall–Kier alpha value is -1.10. The van der Waals surface area contributed by atoms with Crippen molar-refractivity contribution in [1.29, 1.82) is 0 Å². The molecule has 0 aromatic heterocycles. The normalized spacial score (nSPS) is 12.7. The summed E-state index contributed by atoms with van der Waals surface area (Å²) in [7, 11) is 6.18. The van der Waals surface area contributed by atoms with Gasteiger partial charge in [0.2, 0.25) is 0 Å². The van der Waals surface area contributed by atoms with Crippen molar-refractivity contribution in [3.63, 3.8) is 0 Å². The molecule has 0 bridgehead atoms. The van der Waals surface area contributed by atoms with E-state index in [1.54, 1.807) is 0 Å². The molecule has 2 N–H and O–H groups in total. The quantitative estimate of drug-likeness (QED) is 0.727. The molecular weight excluding hydrogens is 238 g/mol. The van der Waals surface area contributed by atoms with E-state index in [2.05, 4.69) is 41.1 Å². The van der Waals surface area contributed by atoms with E-state index >= 15 is 0 Å². The van der Waals surface area contributed by atoms with Gasteiger partial charge < -0.3 is 15.4 Å². The molecular formula is C15H27N3O. The Morgan fingerprint density at radius 3 is 2.26 bits per heavy atom. The number of hydrogen-bond donors (Lipinski definition) is 1. The molecule has 1 aromatic rings. The first-order chi connectivity index (χ1) is 9.10. The van der Waals surface area contributed by atoms with E-state index in [9.17, 15) is 0 Å². The molecule has 1 rings (SSSR count). The van der Waals surface area contributed by atoms with E-state index in [0.29, 0.717) is 6.54 Å². The summed E-state index contributed by atoms with van der Waals surface area (Å²) in [6.07, 6.45) is 0. The lowest BCUT2D eigenvalue weighted by Gasteiger charge is -2.27. The molecule has 0 aliphatic rings. The van der Waals surface area contributed by atoms with Gasteiger partial charge in [0.15, 0.2) is 0 Å². The number of benzene rings is 1. The summed E-state index contributed by atoms with van der Waals surface area (Å²) >= 11 is 0. The average molecular weight is 265 g/mol. The topological polar surface area (TPSA) is 41.7 Å². The Balaban J connectivity index is 2.67. The minimum Gasteiger partial charge on any atom is -0.380 e.